The smallest absolute Gasteiger partial charge is 0.306 e. The number of hydrogen-bond acceptors (Lipinski definition) is 4. The first-order valence-electron chi connectivity index (χ1n) is 5.32. The Kier molecular flexibility index (Phi) is 5.52. The van der Waals surface area contributed by atoms with E-state index in [-0.39, 0.29) is 11.2 Å². The molecule has 1 unspecified atom stereocenters. The number of nitrogens with zero attached hydrogens (tertiary/aromatic N) is 2. The number of methoxy groups -OCH3 is 1. The number of esters is 1. The zero-order chi connectivity index (χ0) is 13.0. The highest BCUT2D eigenvalue weighted by molar-refractivity contribution is 9.10. The molecule has 0 saturated carbocycles. The highest BCUT2D eigenvalue weighted by Gasteiger charge is 2.14. The van der Waals surface area contributed by atoms with Crippen molar-refractivity contribution in [3.05, 3.63) is 15.9 Å². The number of thioether (sulfide) groups is 1. The molecule has 0 N–H and O–H groups in total. The monoisotopic (exact) mass is 320 g/mol. The summed E-state index contributed by atoms with van der Waals surface area (Å²) in [5.74, 6) is 0.668. The lowest BCUT2D eigenvalue weighted by Crippen LogP contribution is -2.09. The number of hydrogen-bond donors (Lipinski definition) is 0. The van der Waals surface area contributed by atoms with Crippen LogP contribution >= 0.6 is 27.7 Å². The molecule has 1 rings (SSSR count). The summed E-state index contributed by atoms with van der Waals surface area (Å²) in [5.41, 5.74) is 2.13. The SMILES string of the molecule is COC(=O)CC(C)SCc1c(Br)c(C)nn1C. The molecule has 6 heteroatoms. The summed E-state index contributed by atoms with van der Waals surface area (Å²) >= 11 is 5.25. The van der Waals surface area contributed by atoms with Gasteiger partial charge in [-0.15, -0.1) is 0 Å². The highest BCUT2D eigenvalue weighted by atomic mass is 79.9. The number of aryl methyl sites for hydroxylation is 2. The van der Waals surface area contributed by atoms with Crippen LogP contribution in [0.5, 0.6) is 0 Å². The maximum absolute atomic E-state index is 11.1. The Bertz CT molecular complexity index is 406. The molecule has 17 heavy (non-hydrogen) atoms. The molecular weight excluding hydrogens is 304 g/mol. The van der Waals surface area contributed by atoms with Crippen molar-refractivity contribution >= 4 is 33.7 Å². The van der Waals surface area contributed by atoms with Crippen molar-refractivity contribution in [2.75, 3.05) is 7.11 Å². The van der Waals surface area contributed by atoms with Gasteiger partial charge >= 0.3 is 5.97 Å². The van der Waals surface area contributed by atoms with Gasteiger partial charge in [0, 0.05) is 18.1 Å². The third kappa shape index (κ3) is 4.03. The van der Waals surface area contributed by atoms with Gasteiger partial charge in [-0.2, -0.15) is 16.9 Å². The van der Waals surface area contributed by atoms with E-state index in [4.69, 9.17) is 0 Å². The van der Waals surface area contributed by atoms with Gasteiger partial charge in [0.2, 0.25) is 0 Å². The Morgan fingerprint density at radius 2 is 2.29 bits per heavy atom. The van der Waals surface area contributed by atoms with E-state index in [1.807, 2.05) is 25.6 Å². The molecule has 0 spiro atoms. The van der Waals surface area contributed by atoms with Gasteiger partial charge in [-0.25, -0.2) is 0 Å². The predicted octanol–water partition coefficient (Wildman–Crippen LogP) is 2.68. The van der Waals surface area contributed by atoms with Crippen molar-refractivity contribution in [3.8, 4) is 0 Å². The average Bonchev–Trinajstić information content (AvgIpc) is 2.51. The molecule has 0 radical (unpaired) electrons. The van der Waals surface area contributed by atoms with Crippen molar-refractivity contribution in [3.63, 3.8) is 0 Å². The molecule has 1 aromatic rings. The molecule has 0 saturated heterocycles. The van der Waals surface area contributed by atoms with Crippen LogP contribution in [0.25, 0.3) is 0 Å². The normalized spacial score (nSPS) is 12.5. The average molecular weight is 321 g/mol. The van der Waals surface area contributed by atoms with Gasteiger partial charge < -0.3 is 4.74 Å². The lowest BCUT2D eigenvalue weighted by Gasteiger charge is -2.10. The van der Waals surface area contributed by atoms with Crippen LogP contribution in [0.2, 0.25) is 0 Å². The standard InChI is InChI=1S/C11H17BrN2O2S/c1-7(5-10(15)16-4)17-6-9-11(12)8(2)13-14(9)3/h7H,5-6H2,1-4H3. The Morgan fingerprint density at radius 1 is 1.65 bits per heavy atom. The van der Waals surface area contributed by atoms with Gasteiger partial charge in [0.05, 0.1) is 29.4 Å². The van der Waals surface area contributed by atoms with Gasteiger partial charge in [0.1, 0.15) is 0 Å². The van der Waals surface area contributed by atoms with E-state index in [1.54, 1.807) is 11.8 Å². The minimum absolute atomic E-state index is 0.162. The molecule has 0 fully saturated rings. The molecule has 0 aromatic carbocycles. The van der Waals surface area contributed by atoms with E-state index in [0.717, 1.165) is 21.6 Å². The van der Waals surface area contributed by atoms with Crippen LogP contribution in [0.15, 0.2) is 4.47 Å². The fraction of sp³-hybridized carbons (Fsp3) is 0.636. The molecule has 0 aliphatic rings. The van der Waals surface area contributed by atoms with Crippen molar-refractivity contribution in [1.82, 2.24) is 9.78 Å². The summed E-state index contributed by atoms with van der Waals surface area (Å²) in [6, 6.07) is 0. The molecule has 0 aliphatic heterocycles. The molecule has 96 valence electrons. The summed E-state index contributed by atoms with van der Waals surface area (Å²) in [7, 11) is 3.35. The molecule has 0 amide bonds. The number of carbonyl (C=O) groups is 1. The number of halogens is 1. The Hall–Kier alpha value is -0.490. The first-order valence-corrected chi connectivity index (χ1v) is 7.16. The quantitative estimate of drug-likeness (QED) is 0.782. The van der Waals surface area contributed by atoms with Crippen molar-refractivity contribution in [2.45, 2.75) is 31.3 Å². The Balaban J connectivity index is 2.53. The Morgan fingerprint density at radius 3 is 2.76 bits per heavy atom. The van der Waals surface area contributed by atoms with Gasteiger partial charge in [0.15, 0.2) is 0 Å². The minimum Gasteiger partial charge on any atom is -0.469 e. The fourth-order valence-electron chi connectivity index (χ4n) is 1.44. The molecule has 0 bridgehead atoms. The number of ether oxygens (including phenoxy) is 1. The van der Waals surface area contributed by atoms with E-state index < -0.39 is 0 Å². The van der Waals surface area contributed by atoms with Crippen molar-refractivity contribution < 1.29 is 9.53 Å². The summed E-state index contributed by atoms with van der Waals surface area (Å²) in [5, 5.41) is 4.57. The van der Waals surface area contributed by atoms with Crippen LogP contribution in [-0.2, 0) is 22.3 Å². The molecule has 4 nitrogen and oxygen atoms in total. The maximum Gasteiger partial charge on any atom is 0.306 e. The van der Waals surface area contributed by atoms with Crippen molar-refractivity contribution in [2.24, 2.45) is 7.05 Å². The Labute approximate surface area is 114 Å². The van der Waals surface area contributed by atoms with Gasteiger partial charge in [-0.1, -0.05) is 6.92 Å². The maximum atomic E-state index is 11.1. The van der Waals surface area contributed by atoms with Gasteiger partial charge in [-0.05, 0) is 22.9 Å². The third-order valence-electron chi connectivity index (χ3n) is 2.45. The van der Waals surface area contributed by atoms with Crippen LogP contribution in [-0.4, -0.2) is 28.1 Å². The highest BCUT2D eigenvalue weighted by Crippen LogP contribution is 2.27. The minimum atomic E-state index is -0.162. The van der Waals surface area contributed by atoms with Gasteiger partial charge in [-0.3, -0.25) is 9.48 Å². The van der Waals surface area contributed by atoms with Crippen molar-refractivity contribution in [1.29, 1.82) is 0 Å². The topological polar surface area (TPSA) is 44.1 Å². The van der Waals surface area contributed by atoms with Crippen LogP contribution in [0.4, 0.5) is 0 Å². The lowest BCUT2D eigenvalue weighted by molar-refractivity contribution is -0.140. The molecular formula is C11H17BrN2O2S. The van der Waals surface area contributed by atoms with Crippen LogP contribution in [0.1, 0.15) is 24.7 Å². The number of aromatic nitrogens is 2. The molecule has 1 atom stereocenters. The summed E-state index contributed by atoms with van der Waals surface area (Å²) in [4.78, 5) is 11.1. The number of rotatable bonds is 5. The van der Waals surface area contributed by atoms with Crippen LogP contribution in [0, 0.1) is 6.92 Å². The summed E-state index contributed by atoms with van der Waals surface area (Å²) in [6.45, 7) is 3.99. The van der Waals surface area contributed by atoms with E-state index >= 15 is 0 Å². The number of carbonyl (C=O) groups excluding carboxylic acids is 1. The zero-order valence-corrected chi connectivity index (χ0v) is 12.9. The van der Waals surface area contributed by atoms with E-state index in [9.17, 15) is 4.79 Å². The first kappa shape index (κ1) is 14.6. The van der Waals surface area contributed by atoms with E-state index in [2.05, 4.69) is 25.8 Å². The van der Waals surface area contributed by atoms with Crippen LogP contribution in [0.3, 0.4) is 0 Å². The lowest BCUT2D eigenvalue weighted by atomic mass is 10.3. The molecule has 1 heterocycles. The van der Waals surface area contributed by atoms with Gasteiger partial charge in [0.25, 0.3) is 0 Å². The van der Waals surface area contributed by atoms with E-state index in [0.29, 0.717) is 6.42 Å². The third-order valence-corrected chi connectivity index (χ3v) is 4.66. The molecule has 1 aromatic heterocycles. The first-order chi connectivity index (χ1) is 7.95. The van der Waals surface area contributed by atoms with Crippen LogP contribution < -0.4 is 0 Å². The fourth-order valence-corrected chi connectivity index (χ4v) is 3.12. The second-order valence-corrected chi connectivity index (χ2v) is 6.09. The predicted molar refractivity (Wildman–Crippen MR) is 73.0 cm³/mol. The van der Waals surface area contributed by atoms with E-state index in [1.165, 1.54) is 7.11 Å². The molecule has 0 aliphatic carbocycles. The summed E-state index contributed by atoms with van der Waals surface area (Å²) < 4.78 is 7.57. The summed E-state index contributed by atoms with van der Waals surface area (Å²) in [6.07, 6.45) is 0.440. The largest absolute Gasteiger partial charge is 0.469 e. The zero-order valence-electron chi connectivity index (χ0n) is 10.5. The second-order valence-electron chi connectivity index (χ2n) is 3.87. The second kappa shape index (κ2) is 6.44.